The van der Waals surface area contributed by atoms with Crippen LogP contribution in [-0.2, 0) is 16.0 Å². The van der Waals surface area contributed by atoms with E-state index in [1.807, 2.05) is 62.1 Å². The molecule has 2 aromatic carbocycles. The number of fused-ring (bicyclic) bond motifs is 1. The maximum absolute atomic E-state index is 16.6. The predicted octanol–water partition coefficient (Wildman–Crippen LogP) is 5.69. The van der Waals surface area contributed by atoms with Gasteiger partial charge in [0.25, 0.3) is 5.91 Å². The molecule has 0 bridgehead atoms. The number of hydrogen-bond donors (Lipinski definition) is 5. The molecule has 16 heteroatoms. The number of hydrazine groups is 1. The number of phenolic OH excluding ortho intramolecular Hbond substituents is 1. The molecule has 6 N–H and O–H groups in total. The van der Waals surface area contributed by atoms with E-state index in [4.69, 9.17) is 15.5 Å². The number of aromatic nitrogens is 2. The number of carbonyl (C=O) groups is 3. The molecular formula is C48H59FN10O5. The lowest BCUT2D eigenvalue weighted by Crippen LogP contribution is -2.51. The van der Waals surface area contributed by atoms with Crippen molar-refractivity contribution in [2.24, 2.45) is 5.73 Å². The van der Waals surface area contributed by atoms with Crippen molar-refractivity contribution in [2.75, 3.05) is 57.3 Å². The first-order valence-electron chi connectivity index (χ1n) is 22.6. The maximum Gasteiger partial charge on any atom is 0.328 e. The van der Waals surface area contributed by atoms with E-state index in [0.717, 1.165) is 71.3 Å². The number of nitrogens with zero attached hydrogens (tertiary/aromatic N) is 6. The molecule has 4 saturated heterocycles. The number of carbonyl (C=O) groups excluding carboxylic acids is 3. The lowest BCUT2D eigenvalue weighted by molar-refractivity contribution is -0.120. The zero-order chi connectivity index (χ0) is 44.9. The number of aryl methyl sites for hydroxylation is 3. The third kappa shape index (κ3) is 8.48. The topological polar surface area (TPSA) is 174 Å². The Balaban J connectivity index is 0.805. The third-order valence-electron chi connectivity index (χ3n) is 13.7. The number of hydrogen-bond acceptors (Lipinski definition) is 11. The fourth-order valence-corrected chi connectivity index (χ4v) is 10.3. The van der Waals surface area contributed by atoms with E-state index in [1.165, 1.54) is 0 Å². The number of halogens is 1. The molecule has 9 rings (SSSR count). The van der Waals surface area contributed by atoms with Crippen LogP contribution in [0.25, 0.3) is 16.7 Å². The average Bonchev–Trinajstić information content (AvgIpc) is 3.65. The molecule has 0 saturated carbocycles. The summed E-state index contributed by atoms with van der Waals surface area (Å²) < 4.78 is 25.3. The summed E-state index contributed by atoms with van der Waals surface area (Å²) in [6.45, 7) is 12.1. The van der Waals surface area contributed by atoms with E-state index in [-0.39, 0.29) is 42.2 Å². The number of pyridine rings is 1. The van der Waals surface area contributed by atoms with Crippen LogP contribution in [0.4, 0.5) is 14.9 Å². The second kappa shape index (κ2) is 17.4. The molecule has 0 radical (unpaired) electrons. The first-order chi connectivity index (χ1) is 30.8. The molecule has 2 aromatic heterocycles. The van der Waals surface area contributed by atoms with Crippen molar-refractivity contribution < 1.29 is 28.6 Å². The largest absolute Gasteiger partial charge is 0.507 e. The van der Waals surface area contributed by atoms with Gasteiger partial charge in [0.1, 0.15) is 29.0 Å². The van der Waals surface area contributed by atoms with Crippen LogP contribution in [0, 0.1) is 13.8 Å². The van der Waals surface area contributed by atoms with E-state index in [2.05, 4.69) is 43.7 Å². The number of amides is 4. The standard InChI is InChI=1S/C48H59FN10O5/c1-5-32-26-59(45-37(32)22-35(24-51-45)58-17-12-42(61)52-47(58)63)34-10-15-55(16-11-34)28-48(49)13-18-56(19-14-48)46(62)43-29(2)20-33(21-30(43)3)41-27-57(25-31(4)64-41)39-23-38(53-54-44(39)50)36-8-6-7-9-40(36)60/h6-9,20-24,26,31,34,41,53-54,60H,5,10-19,25,27-28,50H2,1-4H3,(H,52,61,63)/t31-,41-/m0/s1. The number of likely N-dealkylation sites (tertiary alicyclic amines) is 2. The summed E-state index contributed by atoms with van der Waals surface area (Å²) in [4.78, 5) is 51.0. The van der Waals surface area contributed by atoms with Gasteiger partial charge in [-0.3, -0.25) is 30.7 Å². The molecule has 0 spiro atoms. The Morgan fingerprint density at radius 2 is 1.75 bits per heavy atom. The number of piperidine rings is 2. The molecule has 4 fully saturated rings. The summed E-state index contributed by atoms with van der Waals surface area (Å²) in [5.41, 5.74) is 19.4. The van der Waals surface area contributed by atoms with Gasteiger partial charge in [0.2, 0.25) is 5.91 Å². The van der Waals surface area contributed by atoms with Crippen LogP contribution in [0.5, 0.6) is 5.75 Å². The Morgan fingerprint density at radius 1 is 1.02 bits per heavy atom. The number of rotatable bonds is 9. The van der Waals surface area contributed by atoms with E-state index in [0.29, 0.717) is 80.4 Å². The van der Waals surface area contributed by atoms with Crippen molar-refractivity contribution in [1.29, 1.82) is 0 Å². The normalized spacial score (nSPS) is 22.3. The summed E-state index contributed by atoms with van der Waals surface area (Å²) in [5.74, 6) is 0.300. The molecular weight excluding hydrogens is 816 g/mol. The number of nitrogens with two attached hydrogens (primary N) is 1. The number of imide groups is 1. The Labute approximate surface area is 373 Å². The van der Waals surface area contributed by atoms with Gasteiger partial charge in [-0.2, -0.15) is 0 Å². The number of para-hydroxylation sites is 1. The molecule has 5 aliphatic rings. The van der Waals surface area contributed by atoms with Crippen LogP contribution < -0.4 is 26.8 Å². The van der Waals surface area contributed by atoms with Crippen LogP contribution in [-0.4, -0.2) is 111 Å². The van der Waals surface area contributed by atoms with Gasteiger partial charge in [-0.05, 0) is 86.6 Å². The quantitative estimate of drug-likeness (QED) is 0.140. The number of phenols is 1. The first kappa shape index (κ1) is 43.1. The highest BCUT2D eigenvalue weighted by Crippen LogP contribution is 2.37. The summed E-state index contributed by atoms with van der Waals surface area (Å²) in [7, 11) is 0. The Hall–Kier alpha value is -6.13. The SMILES string of the molecule is CCc1cn(C2CCN(CC3(F)CCN(C(=O)c4c(C)cc([C@@H]5CN(C6=C(N)NNC(c7ccccc7O)=C6)C[C@H](C)O5)cc4C)CC3)CC2)c2ncc(N3CCC(=O)NC3=O)cc12. The highest BCUT2D eigenvalue weighted by atomic mass is 19.1. The minimum atomic E-state index is -1.38. The first-order valence-corrected chi connectivity index (χ1v) is 22.6. The molecule has 64 heavy (non-hydrogen) atoms. The molecule has 0 aliphatic carbocycles. The monoisotopic (exact) mass is 874 g/mol. The van der Waals surface area contributed by atoms with E-state index in [9.17, 15) is 19.5 Å². The molecule has 0 unspecified atom stereocenters. The van der Waals surface area contributed by atoms with Crippen molar-refractivity contribution in [3.05, 3.63) is 106 Å². The second-order valence-electron chi connectivity index (χ2n) is 18.2. The lowest BCUT2D eigenvalue weighted by Gasteiger charge is -2.41. The zero-order valence-corrected chi connectivity index (χ0v) is 37.1. The van der Waals surface area contributed by atoms with Crippen molar-refractivity contribution in [1.82, 2.24) is 40.4 Å². The number of allylic oxidation sites excluding steroid dienone is 1. The zero-order valence-electron chi connectivity index (χ0n) is 37.1. The predicted molar refractivity (Wildman–Crippen MR) is 243 cm³/mol. The van der Waals surface area contributed by atoms with Crippen molar-refractivity contribution in [3.8, 4) is 5.75 Å². The van der Waals surface area contributed by atoms with Gasteiger partial charge in [-0.15, -0.1) is 0 Å². The average molecular weight is 875 g/mol. The third-order valence-corrected chi connectivity index (χ3v) is 13.7. The van der Waals surface area contributed by atoms with E-state index >= 15 is 4.39 Å². The minimum absolute atomic E-state index is 0.0649. The van der Waals surface area contributed by atoms with Crippen molar-refractivity contribution >= 4 is 40.3 Å². The Bertz CT molecular complexity index is 2520. The lowest BCUT2D eigenvalue weighted by atomic mass is 9.90. The van der Waals surface area contributed by atoms with Crippen molar-refractivity contribution in [2.45, 2.75) is 90.1 Å². The number of benzene rings is 2. The van der Waals surface area contributed by atoms with Crippen LogP contribution in [0.3, 0.4) is 0 Å². The van der Waals surface area contributed by atoms with Gasteiger partial charge >= 0.3 is 6.03 Å². The van der Waals surface area contributed by atoms with Gasteiger partial charge in [0, 0.05) is 100 Å². The number of morpholine rings is 1. The summed E-state index contributed by atoms with van der Waals surface area (Å²) in [6, 6.07) is 13.0. The van der Waals surface area contributed by atoms with Crippen LogP contribution >= 0.6 is 0 Å². The highest BCUT2D eigenvalue weighted by Gasteiger charge is 2.40. The fourth-order valence-electron chi connectivity index (χ4n) is 10.3. The van der Waals surface area contributed by atoms with Crippen LogP contribution in [0.15, 0.2) is 72.5 Å². The highest BCUT2D eigenvalue weighted by molar-refractivity contribution is 6.06. The minimum Gasteiger partial charge on any atom is -0.507 e. The summed E-state index contributed by atoms with van der Waals surface area (Å²) >= 11 is 0. The molecule has 15 nitrogen and oxygen atoms in total. The number of alkyl halides is 1. The van der Waals surface area contributed by atoms with Gasteiger partial charge in [0.15, 0.2) is 0 Å². The van der Waals surface area contributed by atoms with E-state index in [1.54, 1.807) is 23.2 Å². The molecule has 4 aromatic rings. The Kier molecular flexibility index (Phi) is 11.8. The van der Waals surface area contributed by atoms with Gasteiger partial charge in [0.05, 0.1) is 29.4 Å². The van der Waals surface area contributed by atoms with Crippen molar-refractivity contribution in [3.63, 3.8) is 0 Å². The van der Waals surface area contributed by atoms with E-state index < -0.39 is 11.7 Å². The number of urea groups is 1. The molecule has 2 atom stereocenters. The molecule has 5 aliphatic heterocycles. The molecule has 338 valence electrons. The van der Waals surface area contributed by atoms with Gasteiger partial charge in [-0.25, -0.2) is 14.2 Å². The fraction of sp³-hybridized carbons (Fsp3) is 0.458. The number of anilines is 1. The van der Waals surface area contributed by atoms with Crippen LogP contribution in [0.2, 0.25) is 0 Å². The number of nitrogens with one attached hydrogen (secondary N) is 3. The smallest absolute Gasteiger partial charge is 0.328 e. The van der Waals surface area contributed by atoms with Gasteiger partial charge in [-0.1, -0.05) is 31.2 Å². The van der Waals surface area contributed by atoms with Gasteiger partial charge < -0.3 is 34.8 Å². The number of ether oxygens (including phenoxy) is 1. The van der Waals surface area contributed by atoms with Crippen LogP contribution in [0.1, 0.15) is 96.3 Å². The molecule has 7 heterocycles. The maximum atomic E-state index is 16.6. The molecule has 4 amide bonds. The number of aromatic hydroxyl groups is 1. The second-order valence-corrected chi connectivity index (χ2v) is 18.2. The summed E-state index contributed by atoms with van der Waals surface area (Å²) in [5, 5.41) is 13.9. The summed E-state index contributed by atoms with van der Waals surface area (Å²) in [6.07, 6.45) is 8.83. The Morgan fingerprint density at radius 3 is 2.45 bits per heavy atom.